The van der Waals surface area contributed by atoms with Gasteiger partial charge < -0.3 is 20.8 Å². The van der Waals surface area contributed by atoms with Crippen LogP contribution in [0.2, 0.25) is 0 Å². The van der Waals surface area contributed by atoms with Gasteiger partial charge in [-0.3, -0.25) is 0 Å². The molecule has 0 aromatic rings. The molecule has 0 rings (SSSR count). The Bertz CT molecular complexity index is 11.2. The first kappa shape index (κ1) is 37.5. The van der Waals surface area contributed by atoms with Crippen LogP contribution in [-0.4, -0.2) is 26.8 Å². The summed E-state index contributed by atoms with van der Waals surface area (Å²) in [7, 11) is 2.25. The van der Waals surface area contributed by atoms with Crippen molar-refractivity contribution in [2.75, 3.05) is 21.3 Å². The number of hydrogen-bond donors (Lipinski definition) is 0. The molecule has 0 radical (unpaired) electrons. The van der Waals surface area contributed by atoms with E-state index in [0.717, 1.165) is 21.3 Å². The van der Waals surface area contributed by atoms with Crippen LogP contribution in [0.25, 0.3) is 0 Å². The van der Waals surface area contributed by atoms with E-state index in [1.807, 2.05) is 0 Å². The van der Waals surface area contributed by atoms with Crippen molar-refractivity contribution in [3.05, 3.63) is 0 Å². The topological polar surface area (TPSA) is 99.2 Å². The van der Waals surface area contributed by atoms with Gasteiger partial charge >= 0.3 is 26.2 Å². The third-order valence-electron chi connectivity index (χ3n) is 0. The van der Waals surface area contributed by atoms with Gasteiger partial charge in [0.2, 0.25) is 0 Å². The van der Waals surface area contributed by atoms with Gasteiger partial charge in [0.05, 0.1) is 0 Å². The summed E-state index contributed by atoms with van der Waals surface area (Å²) in [5.74, 6) is 0. The average molecular weight is 201 g/mol. The first-order valence-electron chi connectivity index (χ1n) is 1.22. The smallest absolute Gasteiger partial charge is 0.870 e. The third kappa shape index (κ3) is 421. The molecule has 5 heteroatoms. The Morgan fingerprint density at radius 1 is 0.625 bits per heavy atom. The molecule has 0 aromatic carbocycles. The molecule has 0 saturated heterocycles. The fourth-order valence-corrected chi connectivity index (χ4v) is 0. The molecule has 0 aliphatic rings. The molecule has 0 fully saturated rings. The largest absolute Gasteiger partial charge is 4.00 e. The fraction of sp³-hybridized carbons (Fsp3) is 1.00. The molecule has 0 aliphatic carbocycles. The Hall–Kier alpha value is 0.723. The molecule has 50 valence electrons. The van der Waals surface area contributed by atoms with Crippen molar-refractivity contribution in [1.82, 2.24) is 0 Å². The van der Waals surface area contributed by atoms with Gasteiger partial charge in [0.15, 0.2) is 0 Å². The maximum Gasteiger partial charge on any atom is 4.00 e. The second-order valence-corrected chi connectivity index (χ2v) is 0. The second-order valence-electron chi connectivity index (χ2n) is 0. The zero-order valence-corrected chi connectivity index (χ0v) is 7.63. The van der Waals surface area contributed by atoms with Crippen molar-refractivity contribution in [3.63, 3.8) is 0 Å². The molecule has 0 heterocycles. The van der Waals surface area contributed by atoms with Gasteiger partial charge in [-0.1, -0.05) is 0 Å². The number of rotatable bonds is 0. The molecule has 0 aromatic heterocycles. The molecule has 0 aliphatic heterocycles. The Labute approximate surface area is 68.6 Å². The summed E-state index contributed by atoms with van der Waals surface area (Å²) in [4.78, 5) is 0. The van der Waals surface area contributed by atoms with Crippen LogP contribution >= 0.6 is 0 Å². The van der Waals surface area contributed by atoms with E-state index in [0.29, 0.717) is 0 Å². The quantitative estimate of drug-likeness (QED) is 0.411. The normalized spacial score (nSPS) is 2.25. The summed E-state index contributed by atoms with van der Waals surface area (Å²) < 4.78 is 0. The molecular weight excluding hydrogens is 191 g/mol. The monoisotopic (exact) mass is 200 g/mol. The van der Waals surface area contributed by atoms with Gasteiger partial charge in [0, 0.05) is 0 Å². The Balaban J connectivity index is -0.00000000500. The van der Waals surface area contributed by atoms with Crippen molar-refractivity contribution in [3.8, 4) is 0 Å². The van der Waals surface area contributed by atoms with E-state index in [1.54, 1.807) is 0 Å². The van der Waals surface area contributed by atoms with E-state index in [4.69, 9.17) is 15.3 Å². The Morgan fingerprint density at radius 2 is 0.625 bits per heavy atom. The van der Waals surface area contributed by atoms with Crippen LogP contribution in [0.4, 0.5) is 0 Å². The summed E-state index contributed by atoms with van der Waals surface area (Å²) in [6.07, 6.45) is 0. The zero-order valence-electron chi connectivity index (χ0n) is 5.17. The summed E-state index contributed by atoms with van der Waals surface area (Å²) in [6, 6.07) is 0. The van der Waals surface area contributed by atoms with E-state index >= 15 is 0 Å². The maximum atomic E-state index is 8.25. The fourth-order valence-electron chi connectivity index (χ4n) is 0. The standard InChI is InChI=1S/3CH3O.H2O.Zr/c3*1-2;;/h3*1H3;1H2;/q3*-1;;+4/p-1. The van der Waals surface area contributed by atoms with Crippen LogP contribution in [0, 0.1) is 0 Å². The minimum absolute atomic E-state index is 0. The average Bonchev–Trinajstić information content (AvgIpc) is 1.81. The maximum absolute atomic E-state index is 8.25. The second kappa shape index (κ2) is 668. The minimum atomic E-state index is 0. The molecule has 0 spiro atoms. The van der Waals surface area contributed by atoms with Crippen LogP contribution in [-0.2, 0) is 26.2 Å². The summed E-state index contributed by atoms with van der Waals surface area (Å²) in [5, 5.41) is 24.8. The SMILES string of the molecule is C[O-].C[O-].C[O-].[OH-].[Zr+4]. The van der Waals surface area contributed by atoms with E-state index in [1.165, 1.54) is 0 Å². The Kier molecular flexibility index (Phi) is 3130. The first-order valence-corrected chi connectivity index (χ1v) is 1.22. The molecule has 8 heavy (non-hydrogen) atoms. The van der Waals surface area contributed by atoms with E-state index < -0.39 is 0 Å². The van der Waals surface area contributed by atoms with Crippen molar-refractivity contribution in [2.24, 2.45) is 0 Å². The molecule has 0 amide bonds. The van der Waals surface area contributed by atoms with Crippen LogP contribution < -0.4 is 15.3 Å². The molecule has 0 bridgehead atoms. The molecule has 1 N–H and O–H groups in total. The predicted molar refractivity (Wildman–Crippen MR) is 19.7 cm³/mol. The Morgan fingerprint density at radius 3 is 0.625 bits per heavy atom. The summed E-state index contributed by atoms with van der Waals surface area (Å²) in [6.45, 7) is 0. The molecular formula is C3H10O4Zr. The summed E-state index contributed by atoms with van der Waals surface area (Å²) in [5.41, 5.74) is 0. The van der Waals surface area contributed by atoms with Crippen molar-refractivity contribution >= 4 is 0 Å². The van der Waals surface area contributed by atoms with Gasteiger partial charge in [0.1, 0.15) is 0 Å². The number of hydrogen-bond acceptors (Lipinski definition) is 4. The van der Waals surface area contributed by atoms with Gasteiger partial charge in [-0.05, 0) is 0 Å². The van der Waals surface area contributed by atoms with Gasteiger partial charge in [0.25, 0.3) is 0 Å². The van der Waals surface area contributed by atoms with Crippen LogP contribution in [0.15, 0.2) is 0 Å². The van der Waals surface area contributed by atoms with E-state index in [9.17, 15) is 0 Å². The predicted octanol–water partition coefficient (Wildman–Crippen LogP) is -3.25. The van der Waals surface area contributed by atoms with Gasteiger partial charge in [-0.15, -0.1) is 0 Å². The van der Waals surface area contributed by atoms with Crippen molar-refractivity contribution in [2.45, 2.75) is 0 Å². The van der Waals surface area contributed by atoms with Crippen molar-refractivity contribution < 1.29 is 47.0 Å². The molecule has 0 unspecified atom stereocenters. The minimum Gasteiger partial charge on any atom is -0.870 e. The van der Waals surface area contributed by atoms with Crippen molar-refractivity contribution in [1.29, 1.82) is 0 Å². The van der Waals surface area contributed by atoms with E-state index in [-0.39, 0.29) is 31.7 Å². The van der Waals surface area contributed by atoms with Crippen LogP contribution in [0.1, 0.15) is 0 Å². The zero-order chi connectivity index (χ0) is 6.00. The van der Waals surface area contributed by atoms with E-state index in [2.05, 4.69) is 0 Å². The van der Waals surface area contributed by atoms with Gasteiger partial charge in [-0.2, -0.15) is 21.3 Å². The summed E-state index contributed by atoms with van der Waals surface area (Å²) >= 11 is 0. The van der Waals surface area contributed by atoms with Crippen LogP contribution in [0.3, 0.4) is 0 Å². The van der Waals surface area contributed by atoms with Gasteiger partial charge in [-0.25, -0.2) is 0 Å². The molecule has 4 nitrogen and oxygen atoms in total. The molecule has 0 atom stereocenters. The third-order valence-corrected chi connectivity index (χ3v) is 0. The van der Waals surface area contributed by atoms with Crippen LogP contribution in [0.5, 0.6) is 0 Å². The molecule has 0 saturated carbocycles. The first-order chi connectivity index (χ1) is 3.00.